The average molecular weight is 369 g/mol. The van der Waals surface area contributed by atoms with Crippen LogP contribution >= 0.6 is 0 Å². The van der Waals surface area contributed by atoms with Gasteiger partial charge in [-0.25, -0.2) is 17.5 Å². The number of anilines is 1. The van der Waals surface area contributed by atoms with Gasteiger partial charge < -0.3 is 9.73 Å². The summed E-state index contributed by atoms with van der Waals surface area (Å²) in [5, 5.41) is 2.85. The lowest BCUT2D eigenvalue weighted by atomic mass is 9.86. The molecule has 0 atom stereocenters. The average Bonchev–Trinajstić information content (AvgIpc) is 2.95. The molecule has 1 aliphatic rings. The molecule has 0 aliphatic heterocycles. The molecule has 0 spiro atoms. The summed E-state index contributed by atoms with van der Waals surface area (Å²) in [7, 11) is -3.20. The number of halogens is 1. The van der Waals surface area contributed by atoms with Crippen molar-refractivity contribution in [2.24, 2.45) is 5.92 Å². The van der Waals surface area contributed by atoms with Crippen LogP contribution in [0.1, 0.15) is 39.5 Å². The van der Waals surface area contributed by atoms with E-state index in [1.54, 1.807) is 19.9 Å². The van der Waals surface area contributed by atoms with Crippen LogP contribution in [0.3, 0.4) is 0 Å². The maximum atomic E-state index is 13.2. The molecule has 0 unspecified atom stereocenters. The summed E-state index contributed by atoms with van der Waals surface area (Å²) in [6.07, 6.45) is 3.71. The van der Waals surface area contributed by atoms with Crippen molar-refractivity contribution in [3.63, 3.8) is 0 Å². The van der Waals surface area contributed by atoms with E-state index in [1.165, 1.54) is 12.1 Å². The van der Waals surface area contributed by atoms with Crippen molar-refractivity contribution in [3.8, 4) is 0 Å². The van der Waals surface area contributed by atoms with Crippen LogP contribution in [-0.2, 0) is 10.0 Å². The molecule has 25 heavy (non-hydrogen) atoms. The Morgan fingerprint density at radius 3 is 2.68 bits per heavy atom. The molecule has 1 saturated carbocycles. The van der Waals surface area contributed by atoms with E-state index < -0.39 is 15.3 Å². The zero-order valence-corrected chi connectivity index (χ0v) is 15.3. The number of aromatic nitrogens is 1. The number of hydrogen-bond acceptors (Lipinski definition) is 5. The van der Waals surface area contributed by atoms with E-state index in [9.17, 15) is 12.8 Å². The van der Waals surface area contributed by atoms with Crippen LogP contribution in [0, 0.1) is 11.7 Å². The highest BCUT2D eigenvalue weighted by molar-refractivity contribution is 7.90. The van der Waals surface area contributed by atoms with E-state index in [2.05, 4.69) is 15.0 Å². The minimum atomic E-state index is -3.20. The fourth-order valence-corrected chi connectivity index (χ4v) is 3.85. The van der Waals surface area contributed by atoms with Gasteiger partial charge in [-0.15, -0.1) is 0 Å². The first-order valence-corrected chi connectivity index (χ1v) is 10.2. The molecule has 6 nitrogen and oxygen atoms in total. The largest absolute Gasteiger partial charge is 0.423 e. The maximum absolute atomic E-state index is 13.2. The van der Waals surface area contributed by atoms with Crippen molar-refractivity contribution in [1.82, 2.24) is 9.71 Å². The maximum Gasteiger partial charge on any atom is 0.295 e. The van der Waals surface area contributed by atoms with Gasteiger partial charge in [-0.1, -0.05) is 0 Å². The van der Waals surface area contributed by atoms with Gasteiger partial charge >= 0.3 is 0 Å². The third kappa shape index (κ3) is 4.49. The molecule has 2 N–H and O–H groups in total. The molecule has 2 aromatic rings. The summed E-state index contributed by atoms with van der Waals surface area (Å²) >= 11 is 0. The molecule has 3 rings (SSSR count). The molecule has 1 heterocycles. The zero-order chi connectivity index (χ0) is 18.0. The van der Waals surface area contributed by atoms with Crippen LogP contribution in [0.4, 0.5) is 10.4 Å². The highest BCUT2D eigenvalue weighted by atomic mass is 32.2. The van der Waals surface area contributed by atoms with E-state index in [-0.39, 0.29) is 11.9 Å². The van der Waals surface area contributed by atoms with Gasteiger partial charge in [0.2, 0.25) is 10.0 Å². The standard InChI is InChI=1S/C17H24FN3O3S/c1-11(2)25(22,23)19-10-12-3-6-14(7-4-12)20-17-21-15-8-5-13(18)9-16(15)24-17/h5,8-9,11-12,14,19H,3-4,6-7,10H2,1-2H3,(H,20,21). The van der Waals surface area contributed by atoms with E-state index in [1.807, 2.05) is 0 Å². The number of rotatable bonds is 6. The molecule has 1 aliphatic carbocycles. The molecule has 8 heteroatoms. The second-order valence-electron chi connectivity index (χ2n) is 6.94. The predicted octanol–water partition coefficient (Wildman–Crippen LogP) is 3.27. The van der Waals surface area contributed by atoms with Crippen LogP contribution in [0.15, 0.2) is 22.6 Å². The van der Waals surface area contributed by atoms with E-state index in [4.69, 9.17) is 4.42 Å². The highest BCUT2D eigenvalue weighted by Crippen LogP contribution is 2.27. The Balaban J connectivity index is 1.50. The minimum absolute atomic E-state index is 0.232. The number of nitrogens with one attached hydrogen (secondary N) is 2. The Hall–Kier alpha value is -1.67. The number of nitrogens with zero attached hydrogens (tertiary/aromatic N) is 1. The van der Waals surface area contributed by atoms with Gasteiger partial charge in [-0.3, -0.25) is 0 Å². The SMILES string of the molecule is CC(C)S(=O)(=O)NCC1CCC(Nc2nc3ccc(F)cc3o2)CC1. The lowest BCUT2D eigenvalue weighted by Gasteiger charge is -2.28. The molecule has 138 valence electrons. The normalized spacial score (nSPS) is 21.8. The van der Waals surface area contributed by atoms with Crippen molar-refractivity contribution in [1.29, 1.82) is 0 Å². The third-order valence-electron chi connectivity index (χ3n) is 4.72. The van der Waals surface area contributed by atoms with Crippen molar-refractivity contribution < 1.29 is 17.2 Å². The van der Waals surface area contributed by atoms with Crippen molar-refractivity contribution >= 4 is 27.1 Å². The predicted molar refractivity (Wildman–Crippen MR) is 95.4 cm³/mol. The fraction of sp³-hybridized carbons (Fsp3) is 0.588. The van der Waals surface area contributed by atoms with Crippen LogP contribution < -0.4 is 10.0 Å². The summed E-state index contributed by atoms with van der Waals surface area (Å²) in [5.74, 6) is 0.00358. The molecule has 1 aromatic heterocycles. The van der Waals surface area contributed by atoms with Gasteiger partial charge in [0.05, 0.1) is 5.25 Å². The monoisotopic (exact) mass is 369 g/mol. The molecule has 0 bridgehead atoms. The molecule has 1 aromatic carbocycles. The van der Waals surface area contributed by atoms with E-state index in [0.29, 0.717) is 29.6 Å². The lowest BCUT2D eigenvalue weighted by Crippen LogP contribution is -2.37. The smallest absolute Gasteiger partial charge is 0.295 e. The first-order chi connectivity index (χ1) is 11.8. The molecule has 0 saturated heterocycles. The second-order valence-corrected chi connectivity index (χ2v) is 9.26. The van der Waals surface area contributed by atoms with Gasteiger partial charge in [0.1, 0.15) is 11.3 Å². The Morgan fingerprint density at radius 2 is 2.00 bits per heavy atom. The number of sulfonamides is 1. The third-order valence-corrected chi connectivity index (χ3v) is 6.53. The first-order valence-electron chi connectivity index (χ1n) is 8.64. The number of benzene rings is 1. The fourth-order valence-electron chi connectivity index (χ4n) is 3.05. The Bertz CT molecular complexity index is 827. The quantitative estimate of drug-likeness (QED) is 0.816. The Morgan fingerprint density at radius 1 is 1.28 bits per heavy atom. The summed E-state index contributed by atoms with van der Waals surface area (Å²) in [6, 6.07) is 4.92. The topological polar surface area (TPSA) is 84.2 Å². The van der Waals surface area contributed by atoms with Gasteiger partial charge in [0, 0.05) is 18.7 Å². The molecule has 0 amide bonds. The molecular formula is C17H24FN3O3S. The summed E-state index contributed by atoms with van der Waals surface area (Å²) < 4.78 is 45.1. The number of oxazole rings is 1. The summed E-state index contributed by atoms with van der Waals surface area (Å²) in [6.45, 7) is 3.85. The lowest BCUT2D eigenvalue weighted by molar-refractivity contribution is 0.334. The van der Waals surface area contributed by atoms with Crippen LogP contribution in [-0.4, -0.2) is 31.2 Å². The van der Waals surface area contributed by atoms with Gasteiger partial charge in [-0.2, -0.15) is 4.98 Å². The van der Waals surface area contributed by atoms with E-state index in [0.717, 1.165) is 25.7 Å². The van der Waals surface area contributed by atoms with Gasteiger partial charge in [0.15, 0.2) is 5.58 Å². The van der Waals surface area contributed by atoms with Crippen molar-refractivity contribution in [3.05, 3.63) is 24.0 Å². The number of hydrogen-bond donors (Lipinski definition) is 2. The second kappa shape index (κ2) is 7.29. The zero-order valence-electron chi connectivity index (χ0n) is 14.5. The van der Waals surface area contributed by atoms with Crippen LogP contribution in [0.25, 0.3) is 11.1 Å². The van der Waals surface area contributed by atoms with Crippen molar-refractivity contribution in [2.75, 3.05) is 11.9 Å². The highest BCUT2D eigenvalue weighted by Gasteiger charge is 2.24. The van der Waals surface area contributed by atoms with Crippen molar-refractivity contribution in [2.45, 2.75) is 50.8 Å². The Labute approximate surface area is 147 Å². The molecule has 1 fully saturated rings. The van der Waals surface area contributed by atoms with Crippen LogP contribution in [0.5, 0.6) is 0 Å². The number of fused-ring (bicyclic) bond motifs is 1. The first kappa shape index (κ1) is 18.1. The van der Waals surface area contributed by atoms with Gasteiger partial charge in [0.25, 0.3) is 6.01 Å². The molecular weight excluding hydrogens is 345 g/mol. The van der Waals surface area contributed by atoms with Crippen LogP contribution in [0.2, 0.25) is 0 Å². The summed E-state index contributed by atoms with van der Waals surface area (Å²) in [4.78, 5) is 4.32. The minimum Gasteiger partial charge on any atom is -0.423 e. The summed E-state index contributed by atoms with van der Waals surface area (Å²) in [5.41, 5.74) is 1.06. The van der Waals surface area contributed by atoms with E-state index >= 15 is 0 Å². The Kier molecular flexibility index (Phi) is 5.29. The molecule has 0 radical (unpaired) electrons. The van der Waals surface area contributed by atoms with Gasteiger partial charge in [-0.05, 0) is 57.6 Å².